The molecule has 0 aromatic carbocycles. The molecule has 0 unspecified atom stereocenters. The molecule has 1 aromatic heterocycles. The van der Waals surface area contributed by atoms with Gasteiger partial charge in [0.2, 0.25) is 0 Å². The maximum atomic E-state index is 5.44. The zero-order chi connectivity index (χ0) is 6.27. The quantitative estimate of drug-likeness (QED) is 0.643. The highest BCUT2D eigenvalue weighted by Gasteiger charge is 2.25. The molecule has 1 fully saturated rings. The fourth-order valence-electron chi connectivity index (χ4n) is 0.864. The fraction of sp³-hybridized carbons (Fsp3) is 0.500. The van der Waals surface area contributed by atoms with Gasteiger partial charge < -0.3 is 5.73 Å². The van der Waals surface area contributed by atoms with Crippen molar-refractivity contribution in [2.45, 2.75) is 18.8 Å². The first-order valence-electron chi connectivity index (χ1n) is 3.08. The number of hydrogen-bond acceptors (Lipinski definition) is 3. The Morgan fingerprint density at radius 1 is 1.67 bits per heavy atom. The predicted molar refractivity (Wildman–Crippen MR) is 38.5 cm³/mol. The van der Waals surface area contributed by atoms with Gasteiger partial charge in [-0.2, -0.15) is 4.37 Å². The van der Waals surface area contributed by atoms with E-state index in [1.54, 1.807) is 11.5 Å². The first-order chi connectivity index (χ1) is 4.36. The second-order valence-electron chi connectivity index (χ2n) is 2.43. The van der Waals surface area contributed by atoms with Crippen LogP contribution in [0.4, 0.5) is 5.82 Å². The van der Waals surface area contributed by atoms with Gasteiger partial charge in [0, 0.05) is 4.88 Å². The molecule has 0 saturated heterocycles. The lowest BCUT2D eigenvalue weighted by molar-refractivity contribution is 1.18. The summed E-state index contributed by atoms with van der Waals surface area (Å²) in [6.45, 7) is 0. The number of nitrogen functional groups attached to an aromatic ring is 1. The van der Waals surface area contributed by atoms with Crippen LogP contribution in [0.1, 0.15) is 23.6 Å². The average Bonchev–Trinajstić information content (AvgIpc) is 2.58. The van der Waals surface area contributed by atoms with E-state index in [1.807, 2.05) is 6.07 Å². The minimum Gasteiger partial charge on any atom is -0.383 e. The molecule has 1 aliphatic carbocycles. The van der Waals surface area contributed by atoms with Crippen LogP contribution in [-0.2, 0) is 0 Å². The van der Waals surface area contributed by atoms with Crippen LogP contribution in [0.3, 0.4) is 0 Å². The summed E-state index contributed by atoms with van der Waals surface area (Å²) < 4.78 is 4.00. The highest BCUT2D eigenvalue weighted by Crippen LogP contribution is 2.42. The van der Waals surface area contributed by atoms with Crippen LogP contribution < -0.4 is 5.73 Å². The minimum absolute atomic E-state index is 0.682. The van der Waals surface area contributed by atoms with Crippen LogP contribution in [0.15, 0.2) is 6.07 Å². The van der Waals surface area contributed by atoms with Gasteiger partial charge in [-0.15, -0.1) is 0 Å². The standard InChI is InChI=1S/C6H8N2S/c7-6-3-5(9-8-6)4-1-2-4/h3-4H,1-2H2,(H2,7,8). The molecule has 1 heterocycles. The fourth-order valence-corrected chi connectivity index (χ4v) is 1.69. The molecule has 1 aromatic rings. The molecule has 0 spiro atoms. The van der Waals surface area contributed by atoms with Gasteiger partial charge >= 0.3 is 0 Å². The van der Waals surface area contributed by atoms with Crippen LogP contribution in [0.25, 0.3) is 0 Å². The molecule has 0 bridgehead atoms. The van der Waals surface area contributed by atoms with E-state index in [0.717, 1.165) is 5.92 Å². The summed E-state index contributed by atoms with van der Waals surface area (Å²) in [5.41, 5.74) is 5.44. The SMILES string of the molecule is Nc1cc(C2CC2)sn1. The topological polar surface area (TPSA) is 38.9 Å². The maximum absolute atomic E-state index is 5.44. The van der Waals surface area contributed by atoms with Crippen molar-refractivity contribution < 1.29 is 0 Å². The molecule has 1 aliphatic rings. The normalized spacial score (nSPS) is 18.2. The summed E-state index contributed by atoms with van der Waals surface area (Å²) in [5, 5.41) is 0. The van der Waals surface area contributed by atoms with Crippen molar-refractivity contribution in [3.8, 4) is 0 Å². The van der Waals surface area contributed by atoms with E-state index in [2.05, 4.69) is 4.37 Å². The molecule has 2 rings (SSSR count). The summed E-state index contributed by atoms with van der Waals surface area (Å²) in [7, 11) is 0. The number of hydrogen-bond donors (Lipinski definition) is 1. The number of aromatic nitrogens is 1. The molecule has 0 atom stereocenters. The van der Waals surface area contributed by atoms with Gasteiger partial charge in [0.15, 0.2) is 0 Å². The van der Waals surface area contributed by atoms with Gasteiger partial charge in [0.05, 0.1) is 0 Å². The summed E-state index contributed by atoms with van der Waals surface area (Å²) in [4.78, 5) is 1.37. The predicted octanol–water partition coefficient (Wildman–Crippen LogP) is 1.60. The van der Waals surface area contributed by atoms with Gasteiger partial charge in [0.25, 0.3) is 0 Å². The van der Waals surface area contributed by atoms with Crippen LogP contribution in [-0.4, -0.2) is 4.37 Å². The third-order valence-corrected chi connectivity index (χ3v) is 2.49. The lowest BCUT2D eigenvalue weighted by atomic mass is 10.3. The Balaban J connectivity index is 2.28. The zero-order valence-electron chi connectivity index (χ0n) is 5.00. The van der Waals surface area contributed by atoms with Gasteiger partial charge in [-0.25, -0.2) is 0 Å². The highest BCUT2D eigenvalue weighted by molar-refractivity contribution is 7.06. The number of nitrogens with zero attached hydrogens (tertiary/aromatic N) is 1. The first kappa shape index (κ1) is 5.23. The Kier molecular flexibility index (Phi) is 0.990. The zero-order valence-corrected chi connectivity index (χ0v) is 5.82. The van der Waals surface area contributed by atoms with Crippen LogP contribution >= 0.6 is 11.5 Å². The monoisotopic (exact) mass is 140 g/mol. The Morgan fingerprint density at radius 3 is 2.89 bits per heavy atom. The van der Waals surface area contributed by atoms with E-state index in [4.69, 9.17) is 5.73 Å². The molecule has 2 N–H and O–H groups in total. The van der Waals surface area contributed by atoms with E-state index in [9.17, 15) is 0 Å². The highest BCUT2D eigenvalue weighted by atomic mass is 32.1. The largest absolute Gasteiger partial charge is 0.383 e. The Labute approximate surface area is 57.9 Å². The van der Waals surface area contributed by atoms with Crippen LogP contribution in [0.2, 0.25) is 0 Å². The summed E-state index contributed by atoms with van der Waals surface area (Å²) in [5.74, 6) is 1.49. The maximum Gasteiger partial charge on any atom is 0.137 e. The second-order valence-corrected chi connectivity index (χ2v) is 3.26. The molecule has 3 heteroatoms. The van der Waals surface area contributed by atoms with Crippen molar-refractivity contribution in [1.82, 2.24) is 4.37 Å². The number of anilines is 1. The molecular weight excluding hydrogens is 132 g/mol. The third kappa shape index (κ3) is 0.920. The second kappa shape index (κ2) is 1.70. The van der Waals surface area contributed by atoms with Crippen molar-refractivity contribution in [2.75, 3.05) is 5.73 Å². The molecule has 1 saturated carbocycles. The van der Waals surface area contributed by atoms with Crippen LogP contribution in [0, 0.1) is 0 Å². The van der Waals surface area contributed by atoms with Crippen LogP contribution in [0.5, 0.6) is 0 Å². The molecule has 48 valence electrons. The van der Waals surface area contributed by atoms with Gasteiger partial charge in [-0.05, 0) is 36.4 Å². The first-order valence-corrected chi connectivity index (χ1v) is 3.85. The van der Waals surface area contributed by atoms with E-state index in [-0.39, 0.29) is 0 Å². The Hall–Kier alpha value is -0.570. The number of nitrogens with two attached hydrogens (primary N) is 1. The molecule has 2 nitrogen and oxygen atoms in total. The lowest BCUT2D eigenvalue weighted by Gasteiger charge is -1.80. The Morgan fingerprint density at radius 2 is 2.44 bits per heavy atom. The van der Waals surface area contributed by atoms with E-state index < -0.39 is 0 Å². The molecule has 9 heavy (non-hydrogen) atoms. The van der Waals surface area contributed by atoms with E-state index in [0.29, 0.717) is 5.82 Å². The number of rotatable bonds is 1. The van der Waals surface area contributed by atoms with Crippen molar-refractivity contribution in [3.05, 3.63) is 10.9 Å². The molecule has 0 amide bonds. The van der Waals surface area contributed by atoms with Crippen molar-refractivity contribution in [2.24, 2.45) is 0 Å². The lowest BCUT2D eigenvalue weighted by Crippen LogP contribution is -1.79. The molecule has 0 radical (unpaired) electrons. The van der Waals surface area contributed by atoms with Gasteiger partial charge in [-0.1, -0.05) is 0 Å². The Bertz CT molecular complexity index is 215. The van der Waals surface area contributed by atoms with Crippen molar-refractivity contribution >= 4 is 17.4 Å². The van der Waals surface area contributed by atoms with Crippen molar-refractivity contribution in [1.29, 1.82) is 0 Å². The van der Waals surface area contributed by atoms with E-state index in [1.165, 1.54) is 17.7 Å². The minimum atomic E-state index is 0.682. The average molecular weight is 140 g/mol. The summed E-state index contributed by atoms with van der Waals surface area (Å²) in [6.07, 6.45) is 2.67. The van der Waals surface area contributed by atoms with Gasteiger partial charge in [-0.3, -0.25) is 0 Å². The molecule has 0 aliphatic heterocycles. The van der Waals surface area contributed by atoms with E-state index >= 15 is 0 Å². The van der Waals surface area contributed by atoms with Crippen molar-refractivity contribution in [3.63, 3.8) is 0 Å². The summed E-state index contributed by atoms with van der Waals surface area (Å²) >= 11 is 1.55. The third-order valence-electron chi connectivity index (χ3n) is 1.53. The molecular formula is C6H8N2S. The van der Waals surface area contributed by atoms with Gasteiger partial charge in [0.1, 0.15) is 5.82 Å². The summed E-state index contributed by atoms with van der Waals surface area (Å²) in [6, 6.07) is 1.99. The smallest absolute Gasteiger partial charge is 0.137 e.